The van der Waals surface area contributed by atoms with E-state index in [-0.39, 0.29) is 17.9 Å². The molecule has 4 unspecified atom stereocenters. The van der Waals surface area contributed by atoms with Gasteiger partial charge in [-0.3, -0.25) is 9.59 Å². The van der Waals surface area contributed by atoms with Crippen LogP contribution < -0.4 is 11.1 Å². The molecule has 0 bridgehead atoms. The van der Waals surface area contributed by atoms with E-state index in [2.05, 4.69) is 5.32 Å². The van der Waals surface area contributed by atoms with Crippen molar-refractivity contribution in [3.63, 3.8) is 0 Å². The van der Waals surface area contributed by atoms with E-state index < -0.39 is 6.04 Å². The van der Waals surface area contributed by atoms with Crippen molar-refractivity contribution in [3.8, 4) is 0 Å². The molecule has 0 radical (unpaired) electrons. The third-order valence-electron chi connectivity index (χ3n) is 5.22. The fraction of sp³-hybridized carbons (Fsp3) is 0.556. The van der Waals surface area contributed by atoms with Gasteiger partial charge in [0.2, 0.25) is 5.91 Å². The van der Waals surface area contributed by atoms with Crippen LogP contribution in [0.1, 0.15) is 35.7 Å². The Morgan fingerprint density at radius 1 is 1.30 bits per heavy atom. The van der Waals surface area contributed by atoms with Crippen LogP contribution in [0.3, 0.4) is 0 Å². The van der Waals surface area contributed by atoms with E-state index in [4.69, 9.17) is 5.73 Å². The van der Waals surface area contributed by atoms with Crippen molar-refractivity contribution in [2.75, 3.05) is 13.1 Å². The highest BCUT2D eigenvalue weighted by Gasteiger charge is 2.43. The van der Waals surface area contributed by atoms with Gasteiger partial charge in [-0.1, -0.05) is 17.7 Å². The number of nitrogens with zero attached hydrogens (tertiary/aromatic N) is 1. The number of nitrogens with two attached hydrogens (primary N) is 1. The molecule has 2 amide bonds. The van der Waals surface area contributed by atoms with Crippen LogP contribution in [0.25, 0.3) is 0 Å². The first-order valence-electron chi connectivity index (χ1n) is 8.37. The van der Waals surface area contributed by atoms with Gasteiger partial charge in [0.25, 0.3) is 5.91 Å². The van der Waals surface area contributed by atoms with Crippen molar-refractivity contribution in [2.45, 2.75) is 38.8 Å². The Hall–Kier alpha value is -1.88. The molecule has 5 heteroatoms. The first-order chi connectivity index (χ1) is 11.0. The van der Waals surface area contributed by atoms with Gasteiger partial charge in [0.05, 0.1) is 0 Å². The molecule has 4 atom stereocenters. The van der Waals surface area contributed by atoms with Crippen molar-refractivity contribution in [1.29, 1.82) is 0 Å². The van der Waals surface area contributed by atoms with E-state index in [1.54, 1.807) is 13.0 Å². The van der Waals surface area contributed by atoms with Crippen molar-refractivity contribution in [2.24, 2.45) is 17.6 Å². The van der Waals surface area contributed by atoms with Gasteiger partial charge >= 0.3 is 0 Å². The summed E-state index contributed by atoms with van der Waals surface area (Å²) in [7, 11) is 0. The zero-order valence-electron chi connectivity index (χ0n) is 13.8. The number of amides is 2. The standard InChI is InChI=1S/C18H25N3O2/c1-11-4-3-5-13(8-11)17(22)20-12(2)18(23)21-9-14-6-7-16(19)15(14)10-21/h3-5,8,12,14-16H,6-7,9-10,19H2,1-2H3,(H,20,22). The number of hydrogen-bond acceptors (Lipinski definition) is 3. The van der Waals surface area contributed by atoms with Crippen LogP contribution in [0.2, 0.25) is 0 Å². The normalized spacial score (nSPS) is 27.6. The molecule has 124 valence electrons. The molecule has 3 rings (SSSR count). The quantitative estimate of drug-likeness (QED) is 0.883. The Morgan fingerprint density at radius 2 is 2.09 bits per heavy atom. The molecule has 1 aliphatic carbocycles. The Morgan fingerprint density at radius 3 is 2.78 bits per heavy atom. The number of rotatable bonds is 3. The van der Waals surface area contributed by atoms with Crippen LogP contribution in [0.15, 0.2) is 24.3 Å². The van der Waals surface area contributed by atoms with Crippen molar-refractivity contribution < 1.29 is 9.59 Å². The number of carbonyl (C=O) groups is 2. The fourth-order valence-electron chi connectivity index (χ4n) is 3.89. The number of hydrogen-bond donors (Lipinski definition) is 2. The maximum absolute atomic E-state index is 12.6. The van der Waals surface area contributed by atoms with Crippen LogP contribution in [0, 0.1) is 18.8 Å². The summed E-state index contributed by atoms with van der Waals surface area (Å²) in [6.07, 6.45) is 2.18. The minimum absolute atomic E-state index is 0.00685. The zero-order valence-corrected chi connectivity index (χ0v) is 13.8. The summed E-state index contributed by atoms with van der Waals surface area (Å²) in [5.41, 5.74) is 7.74. The van der Waals surface area contributed by atoms with Crippen LogP contribution in [0.5, 0.6) is 0 Å². The molecule has 2 fully saturated rings. The highest BCUT2D eigenvalue weighted by atomic mass is 16.2. The Labute approximate surface area is 137 Å². The van der Waals surface area contributed by atoms with E-state index >= 15 is 0 Å². The van der Waals surface area contributed by atoms with Crippen molar-refractivity contribution in [3.05, 3.63) is 35.4 Å². The number of aryl methyl sites for hydroxylation is 1. The second-order valence-electron chi connectivity index (χ2n) is 6.97. The number of benzene rings is 1. The summed E-state index contributed by atoms with van der Waals surface area (Å²) in [5.74, 6) is 0.755. The van der Waals surface area contributed by atoms with Gasteiger partial charge in [0.1, 0.15) is 6.04 Å². The monoisotopic (exact) mass is 315 g/mol. The van der Waals surface area contributed by atoms with E-state index in [0.717, 1.165) is 31.5 Å². The first kappa shape index (κ1) is 16.0. The zero-order chi connectivity index (χ0) is 16.6. The lowest BCUT2D eigenvalue weighted by Gasteiger charge is -2.23. The maximum atomic E-state index is 12.6. The molecule has 2 aliphatic rings. The highest BCUT2D eigenvalue weighted by molar-refractivity contribution is 5.97. The minimum atomic E-state index is -0.516. The Balaban J connectivity index is 1.59. The smallest absolute Gasteiger partial charge is 0.251 e. The average molecular weight is 315 g/mol. The molecule has 1 aliphatic heterocycles. The summed E-state index contributed by atoms with van der Waals surface area (Å²) < 4.78 is 0. The van der Waals surface area contributed by atoms with Crippen LogP contribution in [-0.2, 0) is 4.79 Å². The van der Waals surface area contributed by atoms with Gasteiger partial charge in [-0.15, -0.1) is 0 Å². The molecule has 23 heavy (non-hydrogen) atoms. The third kappa shape index (κ3) is 3.24. The van der Waals surface area contributed by atoms with Gasteiger partial charge in [0.15, 0.2) is 0 Å². The van der Waals surface area contributed by atoms with Crippen LogP contribution in [-0.4, -0.2) is 41.9 Å². The molecule has 1 aromatic carbocycles. The summed E-state index contributed by atoms with van der Waals surface area (Å²) in [4.78, 5) is 26.7. The predicted molar refractivity (Wildman–Crippen MR) is 88.9 cm³/mol. The summed E-state index contributed by atoms with van der Waals surface area (Å²) >= 11 is 0. The van der Waals surface area contributed by atoms with Crippen molar-refractivity contribution >= 4 is 11.8 Å². The lowest BCUT2D eigenvalue weighted by Crippen LogP contribution is -2.46. The third-order valence-corrected chi connectivity index (χ3v) is 5.22. The molecule has 0 aromatic heterocycles. The molecule has 3 N–H and O–H groups in total. The van der Waals surface area contributed by atoms with E-state index in [9.17, 15) is 9.59 Å². The van der Waals surface area contributed by atoms with Crippen molar-refractivity contribution in [1.82, 2.24) is 10.2 Å². The minimum Gasteiger partial charge on any atom is -0.341 e. The van der Waals surface area contributed by atoms with E-state index in [1.165, 1.54) is 0 Å². The largest absolute Gasteiger partial charge is 0.341 e. The Kier molecular flexibility index (Phi) is 4.39. The topological polar surface area (TPSA) is 75.4 Å². The lowest BCUT2D eigenvalue weighted by molar-refractivity contribution is -0.132. The van der Waals surface area contributed by atoms with Crippen LogP contribution >= 0.6 is 0 Å². The molecule has 1 saturated heterocycles. The maximum Gasteiger partial charge on any atom is 0.251 e. The van der Waals surface area contributed by atoms with E-state index in [1.807, 2.05) is 30.0 Å². The molecule has 1 heterocycles. The number of carbonyl (C=O) groups excluding carboxylic acids is 2. The lowest BCUT2D eigenvalue weighted by atomic mass is 9.98. The Bertz CT molecular complexity index is 616. The highest BCUT2D eigenvalue weighted by Crippen LogP contribution is 2.37. The summed E-state index contributed by atoms with van der Waals surface area (Å²) in [6, 6.07) is 7.08. The molecule has 1 aromatic rings. The van der Waals surface area contributed by atoms with Gasteiger partial charge in [-0.05, 0) is 50.7 Å². The summed E-state index contributed by atoms with van der Waals surface area (Å²) in [5, 5.41) is 2.82. The van der Waals surface area contributed by atoms with E-state index in [0.29, 0.717) is 17.4 Å². The van der Waals surface area contributed by atoms with Gasteiger partial charge in [-0.2, -0.15) is 0 Å². The SMILES string of the molecule is Cc1cccc(C(=O)NC(C)C(=O)N2CC3CCC(N)C3C2)c1. The number of nitrogens with one attached hydrogen (secondary N) is 1. The molecular weight excluding hydrogens is 290 g/mol. The number of likely N-dealkylation sites (tertiary alicyclic amines) is 1. The summed E-state index contributed by atoms with van der Waals surface area (Å²) in [6.45, 7) is 5.21. The second-order valence-corrected chi connectivity index (χ2v) is 6.97. The average Bonchev–Trinajstić information content (AvgIpc) is 3.09. The number of fused-ring (bicyclic) bond motifs is 1. The van der Waals surface area contributed by atoms with Gasteiger partial charge in [-0.25, -0.2) is 0 Å². The fourth-order valence-corrected chi connectivity index (χ4v) is 3.89. The first-order valence-corrected chi connectivity index (χ1v) is 8.37. The molecular formula is C18H25N3O2. The molecule has 5 nitrogen and oxygen atoms in total. The van der Waals surface area contributed by atoms with Crippen LogP contribution in [0.4, 0.5) is 0 Å². The second kappa shape index (κ2) is 6.32. The molecule has 1 saturated carbocycles. The van der Waals surface area contributed by atoms with Gasteiger partial charge < -0.3 is 16.0 Å². The van der Waals surface area contributed by atoms with Gasteiger partial charge in [0, 0.05) is 24.7 Å². The predicted octanol–water partition coefficient (Wildman–Crippen LogP) is 1.31. The molecule has 0 spiro atoms.